The van der Waals surface area contributed by atoms with Gasteiger partial charge in [0.1, 0.15) is 5.82 Å². The Labute approximate surface area is 114 Å². The lowest BCUT2D eigenvalue weighted by Crippen LogP contribution is -2.35. The van der Waals surface area contributed by atoms with Gasteiger partial charge in [-0.1, -0.05) is 18.2 Å². The molecule has 2 N–H and O–H groups in total. The molecular formula is C14H13F2N3O. The Morgan fingerprint density at radius 1 is 1.30 bits per heavy atom. The SMILES string of the molecule is O=C(Nc1ccc2ccccc2n1)C1CC(F)(F)CN1. The third-order valence-corrected chi connectivity index (χ3v) is 3.28. The van der Waals surface area contributed by atoms with Gasteiger partial charge in [0.05, 0.1) is 18.1 Å². The fourth-order valence-electron chi connectivity index (χ4n) is 2.25. The zero-order valence-electron chi connectivity index (χ0n) is 10.6. The van der Waals surface area contributed by atoms with Gasteiger partial charge in [0.25, 0.3) is 5.92 Å². The summed E-state index contributed by atoms with van der Waals surface area (Å²) in [5.41, 5.74) is 0.745. The van der Waals surface area contributed by atoms with Crippen molar-refractivity contribution in [2.75, 3.05) is 11.9 Å². The molecule has 1 aromatic carbocycles. The van der Waals surface area contributed by atoms with Crippen LogP contribution in [0.3, 0.4) is 0 Å². The van der Waals surface area contributed by atoms with Gasteiger partial charge in [0.2, 0.25) is 5.91 Å². The molecule has 4 nitrogen and oxygen atoms in total. The van der Waals surface area contributed by atoms with Crippen LogP contribution in [0.15, 0.2) is 36.4 Å². The average molecular weight is 277 g/mol. The summed E-state index contributed by atoms with van der Waals surface area (Å²) in [6.07, 6.45) is -0.480. The molecule has 0 saturated carbocycles. The lowest BCUT2D eigenvalue weighted by atomic mass is 10.2. The maximum absolute atomic E-state index is 13.0. The van der Waals surface area contributed by atoms with Crippen LogP contribution in [0.2, 0.25) is 0 Å². The van der Waals surface area contributed by atoms with Crippen molar-refractivity contribution in [3.8, 4) is 0 Å². The normalized spacial score (nSPS) is 21.0. The second kappa shape index (κ2) is 4.79. The molecular weight excluding hydrogens is 264 g/mol. The van der Waals surface area contributed by atoms with Crippen molar-refractivity contribution in [1.29, 1.82) is 0 Å². The number of fused-ring (bicyclic) bond motifs is 1. The standard InChI is InChI=1S/C14H13F2N3O/c15-14(16)7-11(17-8-14)13(20)19-12-6-5-9-3-1-2-4-10(9)18-12/h1-6,11,17H,7-8H2,(H,18,19,20). The summed E-state index contributed by atoms with van der Waals surface area (Å²) in [5.74, 6) is -2.94. The van der Waals surface area contributed by atoms with Gasteiger partial charge in [0, 0.05) is 11.8 Å². The van der Waals surface area contributed by atoms with E-state index in [1.165, 1.54) is 0 Å². The predicted octanol–water partition coefficient (Wildman–Crippen LogP) is 2.17. The molecule has 1 unspecified atom stereocenters. The molecule has 0 spiro atoms. The number of halogens is 2. The van der Waals surface area contributed by atoms with Crippen LogP contribution in [0, 0.1) is 0 Å². The first-order valence-corrected chi connectivity index (χ1v) is 6.31. The van der Waals surface area contributed by atoms with E-state index in [1.807, 2.05) is 30.3 Å². The molecule has 1 aliphatic heterocycles. The summed E-state index contributed by atoms with van der Waals surface area (Å²) in [4.78, 5) is 16.2. The van der Waals surface area contributed by atoms with Gasteiger partial charge in [0.15, 0.2) is 0 Å². The number of rotatable bonds is 2. The molecule has 0 radical (unpaired) electrons. The number of benzene rings is 1. The van der Waals surface area contributed by atoms with E-state index in [-0.39, 0.29) is 0 Å². The molecule has 20 heavy (non-hydrogen) atoms. The van der Waals surface area contributed by atoms with Crippen molar-refractivity contribution in [1.82, 2.24) is 10.3 Å². The average Bonchev–Trinajstić information content (AvgIpc) is 2.79. The maximum atomic E-state index is 13.0. The van der Waals surface area contributed by atoms with Gasteiger partial charge in [-0.05, 0) is 18.2 Å². The molecule has 2 aromatic rings. The van der Waals surface area contributed by atoms with Crippen LogP contribution in [0.4, 0.5) is 14.6 Å². The zero-order valence-corrected chi connectivity index (χ0v) is 10.6. The minimum Gasteiger partial charge on any atom is -0.309 e. The lowest BCUT2D eigenvalue weighted by Gasteiger charge is -2.11. The number of para-hydroxylation sites is 1. The van der Waals surface area contributed by atoms with Gasteiger partial charge < -0.3 is 5.32 Å². The highest BCUT2D eigenvalue weighted by atomic mass is 19.3. The topological polar surface area (TPSA) is 54.0 Å². The van der Waals surface area contributed by atoms with Gasteiger partial charge >= 0.3 is 0 Å². The van der Waals surface area contributed by atoms with Crippen LogP contribution in [0.5, 0.6) is 0 Å². The fourth-order valence-corrected chi connectivity index (χ4v) is 2.25. The largest absolute Gasteiger partial charge is 0.309 e. The number of hydrogen-bond donors (Lipinski definition) is 2. The van der Waals surface area contributed by atoms with Gasteiger partial charge in [-0.25, -0.2) is 13.8 Å². The minimum absolute atomic E-state index is 0.366. The first kappa shape index (κ1) is 12.9. The van der Waals surface area contributed by atoms with E-state index in [0.717, 1.165) is 10.9 Å². The number of amides is 1. The molecule has 1 aromatic heterocycles. The number of nitrogens with one attached hydrogen (secondary N) is 2. The first-order valence-electron chi connectivity index (χ1n) is 6.31. The Morgan fingerprint density at radius 3 is 2.85 bits per heavy atom. The number of carbonyl (C=O) groups excluding carboxylic acids is 1. The quantitative estimate of drug-likeness (QED) is 0.884. The maximum Gasteiger partial charge on any atom is 0.262 e. The van der Waals surface area contributed by atoms with E-state index < -0.39 is 30.8 Å². The highest BCUT2D eigenvalue weighted by molar-refractivity contribution is 5.95. The number of pyridine rings is 1. The van der Waals surface area contributed by atoms with Crippen LogP contribution < -0.4 is 10.6 Å². The summed E-state index contributed by atoms with van der Waals surface area (Å²) in [6, 6.07) is 10.1. The smallest absolute Gasteiger partial charge is 0.262 e. The van der Waals surface area contributed by atoms with E-state index in [2.05, 4.69) is 15.6 Å². The van der Waals surface area contributed by atoms with Crippen molar-refractivity contribution in [2.24, 2.45) is 0 Å². The Balaban J connectivity index is 1.74. The first-order chi connectivity index (χ1) is 9.53. The Morgan fingerprint density at radius 2 is 2.10 bits per heavy atom. The molecule has 1 fully saturated rings. The fraction of sp³-hybridized carbons (Fsp3) is 0.286. The monoisotopic (exact) mass is 277 g/mol. The highest BCUT2D eigenvalue weighted by Crippen LogP contribution is 2.25. The molecule has 3 rings (SSSR count). The summed E-state index contributed by atoms with van der Waals surface area (Å²) >= 11 is 0. The van der Waals surface area contributed by atoms with E-state index in [0.29, 0.717) is 5.82 Å². The molecule has 2 heterocycles. The molecule has 0 aliphatic carbocycles. The minimum atomic E-state index is -2.82. The van der Waals surface area contributed by atoms with Crippen LogP contribution in [0.25, 0.3) is 10.9 Å². The van der Waals surface area contributed by atoms with Crippen molar-refractivity contribution >= 4 is 22.6 Å². The summed E-state index contributed by atoms with van der Waals surface area (Å²) < 4.78 is 26.1. The summed E-state index contributed by atoms with van der Waals surface area (Å²) in [5, 5.41) is 6.04. The number of anilines is 1. The molecule has 104 valence electrons. The highest BCUT2D eigenvalue weighted by Gasteiger charge is 2.42. The molecule has 6 heteroatoms. The van der Waals surface area contributed by atoms with Gasteiger partial charge in [-0.3, -0.25) is 10.1 Å². The van der Waals surface area contributed by atoms with E-state index in [1.54, 1.807) is 6.07 Å². The Hall–Kier alpha value is -2.08. The summed E-state index contributed by atoms with van der Waals surface area (Å²) in [7, 11) is 0. The van der Waals surface area contributed by atoms with Crippen molar-refractivity contribution < 1.29 is 13.6 Å². The third kappa shape index (κ3) is 2.60. The van der Waals surface area contributed by atoms with E-state index in [9.17, 15) is 13.6 Å². The second-order valence-corrected chi connectivity index (χ2v) is 4.87. The predicted molar refractivity (Wildman–Crippen MR) is 71.7 cm³/mol. The number of alkyl halides is 2. The van der Waals surface area contributed by atoms with E-state index in [4.69, 9.17) is 0 Å². The van der Waals surface area contributed by atoms with Crippen molar-refractivity contribution in [2.45, 2.75) is 18.4 Å². The van der Waals surface area contributed by atoms with Crippen molar-refractivity contribution in [3.05, 3.63) is 36.4 Å². The Bertz CT molecular complexity index is 660. The lowest BCUT2D eigenvalue weighted by molar-refractivity contribution is -0.118. The van der Waals surface area contributed by atoms with Gasteiger partial charge in [-0.15, -0.1) is 0 Å². The molecule has 1 aliphatic rings. The van der Waals surface area contributed by atoms with Crippen LogP contribution in [-0.2, 0) is 4.79 Å². The molecule has 1 amide bonds. The zero-order chi connectivity index (χ0) is 14.2. The molecule has 1 saturated heterocycles. The second-order valence-electron chi connectivity index (χ2n) is 4.87. The van der Waals surface area contributed by atoms with E-state index >= 15 is 0 Å². The van der Waals surface area contributed by atoms with Gasteiger partial charge in [-0.2, -0.15) is 0 Å². The summed E-state index contributed by atoms with van der Waals surface area (Å²) in [6.45, 7) is -0.462. The van der Waals surface area contributed by atoms with Crippen molar-refractivity contribution in [3.63, 3.8) is 0 Å². The van der Waals surface area contributed by atoms with Crippen LogP contribution in [0.1, 0.15) is 6.42 Å². The molecule has 1 atom stereocenters. The van der Waals surface area contributed by atoms with Crippen LogP contribution in [-0.4, -0.2) is 29.4 Å². The number of aromatic nitrogens is 1. The number of nitrogens with zero attached hydrogens (tertiary/aromatic N) is 1. The molecule has 0 bridgehead atoms. The third-order valence-electron chi connectivity index (χ3n) is 3.28. The Kier molecular flexibility index (Phi) is 3.10. The number of carbonyl (C=O) groups is 1. The number of hydrogen-bond acceptors (Lipinski definition) is 3. The van der Waals surface area contributed by atoms with Crippen LogP contribution >= 0.6 is 0 Å².